The van der Waals surface area contributed by atoms with Gasteiger partial charge in [-0.05, 0) is 19.4 Å². The van der Waals surface area contributed by atoms with Crippen LogP contribution in [0.1, 0.15) is 19.4 Å². The van der Waals surface area contributed by atoms with Crippen molar-refractivity contribution in [2.45, 2.75) is 25.9 Å². The molecule has 0 atom stereocenters. The van der Waals surface area contributed by atoms with Gasteiger partial charge in [-0.2, -0.15) is 0 Å². The molecule has 1 saturated heterocycles. The number of nitrogens with zero attached hydrogens (tertiary/aromatic N) is 2. The van der Waals surface area contributed by atoms with Gasteiger partial charge in [-0.3, -0.25) is 9.80 Å². The van der Waals surface area contributed by atoms with E-state index in [9.17, 15) is 0 Å². The van der Waals surface area contributed by atoms with E-state index in [1.165, 1.54) is 5.56 Å². The van der Waals surface area contributed by atoms with Crippen LogP contribution in [0, 0.1) is 0 Å². The molecule has 0 amide bonds. The molecule has 3 nitrogen and oxygen atoms in total. The highest BCUT2D eigenvalue weighted by Gasteiger charge is 2.29. The van der Waals surface area contributed by atoms with Gasteiger partial charge in [-0.1, -0.05) is 30.3 Å². The molecule has 2 rings (SSSR count). The third-order valence-electron chi connectivity index (χ3n) is 3.97. The van der Waals surface area contributed by atoms with E-state index >= 15 is 0 Å². The molecule has 106 valence electrons. The summed E-state index contributed by atoms with van der Waals surface area (Å²) in [4.78, 5) is 5.08. The first-order chi connectivity index (χ1) is 9.12. The molecule has 1 aliphatic rings. The van der Waals surface area contributed by atoms with Gasteiger partial charge in [0, 0.05) is 45.4 Å². The quantitative estimate of drug-likeness (QED) is 0.809. The van der Waals surface area contributed by atoms with Crippen molar-refractivity contribution in [3.8, 4) is 0 Å². The minimum atomic E-state index is 0.146. The van der Waals surface area contributed by atoms with Crippen LogP contribution < -0.4 is 0 Å². The standard InChI is InChI=1S/C16H26N2O/c1-16(2,14-19-3)18-11-9-17(10-12-18)13-15-7-5-4-6-8-15/h4-8H,9-14H2,1-3H3. The third kappa shape index (κ3) is 4.03. The largest absolute Gasteiger partial charge is 0.383 e. The summed E-state index contributed by atoms with van der Waals surface area (Å²) in [5.41, 5.74) is 1.56. The van der Waals surface area contributed by atoms with Gasteiger partial charge in [-0.15, -0.1) is 0 Å². The first-order valence-electron chi connectivity index (χ1n) is 7.12. The molecule has 0 saturated carbocycles. The number of hydrogen-bond donors (Lipinski definition) is 0. The van der Waals surface area contributed by atoms with Crippen LogP contribution in [0.15, 0.2) is 30.3 Å². The number of hydrogen-bond acceptors (Lipinski definition) is 3. The Morgan fingerprint density at radius 1 is 1.05 bits per heavy atom. The van der Waals surface area contributed by atoms with Crippen LogP contribution in [0.5, 0.6) is 0 Å². The van der Waals surface area contributed by atoms with E-state index in [0.717, 1.165) is 39.3 Å². The van der Waals surface area contributed by atoms with Crippen molar-refractivity contribution in [1.29, 1.82) is 0 Å². The van der Waals surface area contributed by atoms with E-state index in [1.807, 2.05) is 0 Å². The highest BCUT2D eigenvalue weighted by atomic mass is 16.5. The van der Waals surface area contributed by atoms with Crippen LogP contribution in [0.2, 0.25) is 0 Å². The summed E-state index contributed by atoms with van der Waals surface area (Å²) >= 11 is 0. The van der Waals surface area contributed by atoms with Crippen LogP contribution in [-0.2, 0) is 11.3 Å². The van der Waals surface area contributed by atoms with Crippen molar-refractivity contribution in [2.75, 3.05) is 39.9 Å². The van der Waals surface area contributed by atoms with Gasteiger partial charge in [-0.25, -0.2) is 0 Å². The molecule has 0 unspecified atom stereocenters. The van der Waals surface area contributed by atoms with Gasteiger partial charge in [0.1, 0.15) is 0 Å². The molecule has 1 aliphatic heterocycles. The molecular weight excluding hydrogens is 236 g/mol. The lowest BCUT2D eigenvalue weighted by molar-refractivity contribution is 0.000752. The minimum absolute atomic E-state index is 0.146. The van der Waals surface area contributed by atoms with Crippen molar-refractivity contribution < 1.29 is 4.74 Å². The van der Waals surface area contributed by atoms with Crippen molar-refractivity contribution >= 4 is 0 Å². The lowest BCUT2D eigenvalue weighted by Gasteiger charge is -2.43. The highest BCUT2D eigenvalue weighted by molar-refractivity contribution is 5.14. The molecule has 0 bridgehead atoms. The van der Waals surface area contributed by atoms with Crippen molar-refractivity contribution in [3.05, 3.63) is 35.9 Å². The van der Waals surface area contributed by atoms with Crippen LogP contribution in [0.25, 0.3) is 0 Å². The molecule has 0 radical (unpaired) electrons. The van der Waals surface area contributed by atoms with E-state index in [1.54, 1.807) is 7.11 Å². The van der Waals surface area contributed by atoms with E-state index in [4.69, 9.17) is 4.74 Å². The van der Waals surface area contributed by atoms with Gasteiger partial charge in [0.15, 0.2) is 0 Å². The molecule has 1 aromatic carbocycles. The molecule has 1 heterocycles. The highest BCUT2D eigenvalue weighted by Crippen LogP contribution is 2.18. The van der Waals surface area contributed by atoms with E-state index < -0.39 is 0 Å². The number of rotatable bonds is 5. The molecule has 1 fully saturated rings. The average Bonchev–Trinajstić information content (AvgIpc) is 2.40. The summed E-state index contributed by atoms with van der Waals surface area (Å²) in [5.74, 6) is 0. The SMILES string of the molecule is COCC(C)(C)N1CCN(Cc2ccccc2)CC1. The molecule has 0 spiro atoms. The lowest BCUT2D eigenvalue weighted by atomic mass is 10.0. The average molecular weight is 262 g/mol. The molecular formula is C16H26N2O. The number of benzene rings is 1. The maximum atomic E-state index is 5.33. The Morgan fingerprint density at radius 2 is 1.68 bits per heavy atom. The first-order valence-corrected chi connectivity index (χ1v) is 7.12. The second kappa shape index (κ2) is 6.51. The fourth-order valence-electron chi connectivity index (χ4n) is 2.80. The Balaban J connectivity index is 1.82. The zero-order valence-corrected chi connectivity index (χ0v) is 12.4. The van der Waals surface area contributed by atoms with Crippen molar-refractivity contribution in [1.82, 2.24) is 9.80 Å². The van der Waals surface area contributed by atoms with Gasteiger partial charge in [0.05, 0.1) is 6.61 Å². The Kier molecular flexibility index (Phi) is 4.97. The smallest absolute Gasteiger partial charge is 0.0641 e. The van der Waals surface area contributed by atoms with Gasteiger partial charge >= 0.3 is 0 Å². The normalized spacial score (nSPS) is 18.7. The number of piperazine rings is 1. The molecule has 19 heavy (non-hydrogen) atoms. The van der Waals surface area contributed by atoms with Crippen LogP contribution in [-0.4, -0.2) is 55.2 Å². The predicted octanol–water partition coefficient (Wildman–Crippen LogP) is 2.23. The zero-order chi connectivity index (χ0) is 13.7. The minimum Gasteiger partial charge on any atom is -0.383 e. The topological polar surface area (TPSA) is 15.7 Å². The van der Waals surface area contributed by atoms with Gasteiger partial charge in [0.25, 0.3) is 0 Å². The molecule has 0 aliphatic carbocycles. The second-order valence-electron chi connectivity index (χ2n) is 5.99. The third-order valence-corrected chi connectivity index (χ3v) is 3.97. The summed E-state index contributed by atoms with van der Waals surface area (Å²) < 4.78 is 5.33. The summed E-state index contributed by atoms with van der Waals surface area (Å²) in [5, 5.41) is 0. The summed E-state index contributed by atoms with van der Waals surface area (Å²) in [7, 11) is 1.79. The Labute approximate surface area is 117 Å². The lowest BCUT2D eigenvalue weighted by Crippen LogP contribution is -2.56. The Bertz CT molecular complexity index is 370. The van der Waals surface area contributed by atoms with Crippen molar-refractivity contribution in [2.24, 2.45) is 0 Å². The Morgan fingerprint density at radius 3 is 2.26 bits per heavy atom. The fraction of sp³-hybridized carbons (Fsp3) is 0.625. The summed E-state index contributed by atoms with van der Waals surface area (Å²) in [6.07, 6.45) is 0. The number of methoxy groups -OCH3 is 1. The van der Waals surface area contributed by atoms with Crippen molar-refractivity contribution in [3.63, 3.8) is 0 Å². The number of ether oxygens (including phenoxy) is 1. The zero-order valence-electron chi connectivity index (χ0n) is 12.4. The fourth-order valence-corrected chi connectivity index (χ4v) is 2.80. The maximum Gasteiger partial charge on any atom is 0.0641 e. The molecule has 1 aromatic rings. The molecule has 0 N–H and O–H groups in total. The van der Waals surface area contributed by atoms with Gasteiger partial charge < -0.3 is 4.74 Å². The Hall–Kier alpha value is -0.900. The maximum absolute atomic E-state index is 5.33. The monoisotopic (exact) mass is 262 g/mol. The summed E-state index contributed by atoms with van der Waals surface area (Å²) in [6.45, 7) is 10.9. The summed E-state index contributed by atoms with van der Waals surface area (Å²) in [6, 6.07) is 10.7. The van der Waals surface area contributed by atoms with E-state index in [-0.39, 0.29) is 5.54 Å². The first kappa shape index (κ1) is 14.5. The molecule has 3 heteroatoms. The van der Waals surface area contributed by atoms with Gasteiger partial charge in [0.2, 0.25) is 0 Å². The van der Waals surface area contributed by atoms with E-state index in [0.29, 0.717) is 0 Å². The second-order valence-corrected chi connectivity index (χ2v) is 5.99. The van der Waals surface area contributed by atoms with E-state index in [2.05, 4.69) is 54.0 Å². The van der Waals surface area contributed by atoms with Crippen LogP contribution in [0.4, 0.5) is 0 Å². The predicted molar refractivity (Wildman–Crippen MR) is 79.2 cm³/mol. The van der Waals surface area contributed by atoms with Crippen LogP contribution in [0.3, 0.4) is 0 Å². The molecule has 0 aromatic heterocycles. The van der Waals surface area contributed by atoms with Crippen LogP contribution >= 0.6 is 0 Å².